The number of hydrogen-bond donors (Lipinski definition) is 1. The van der Waals surface area contributed by atoms with Crippen LogP contribution in [0.5, 0.6) is 0 Å². The summed E-state index contributed by atoms with van der Waals surface area (Å²) in [4.78, 5) is 16.2. The van der Waals surface area contributed by atoms with Crippen molar-refractivity contribution < 1.29 is 4.39 Å². The number of anilines is 2. The van der Waals surface area contributed by atoms with Gasteiger partial charge in [0.2, 0.25) is 5.95 Å². The van der Waals surface area contributed by atoms with E-state index in [9.17, 15) is 0 Å². The SMILES string of the molecule is CN(C)C1CN(c2nc(N3CC4(CCN4)C3)c3cc(Cl)c(/C=C/C=C\c4ccccc4)c(F)c3n2)C1. The van der Waals surface area contributed by atoms with Crippen molar-refractivity contribution in [2.24, 2.45) is 0 Å². The molecule has 0 bridgehead atoms. The maximum absolute atomic E-state index is 15.9. The number of allylic oxidation sites excluding steroid dienone is 2. The van der Waals surface area contributed by atoms with Gasteiger partial charge in [0.1, 0.15) is 11.3 Å². The maximum atomic E-state index is 15.9. The molecule has 8 heteroatoms. The molecule has 3 saturated heterocycles. The molecule has 6 nitrogen and oxygen atoms in total. The van der Waals surface area contributed by atoms with Crippen LogP contribution >= 0.6 is 11.6 Å². The van der Waals surface area contributed by atoms with Crippen molar-refractivity contribution in [1.82, 2.24) is 20.2 Å². The third-order valence-electron chi connectivity index (χ3n) is 7.61. The summed E-state index contributed by atoms with van der Waals surface area (Å²) in [6, 6.07) is 12.2. The molecule has 3 aliphatic heterocycles. The van der Waals surface area contributed by atoms with E-state index in [1.54, 1.807) is 6.08 Å². The first kappa shape index (κ1) is 23.4. The molecule has 1 N–H and O–H groups in total. The van der Waals surface area contributed by atoms with Gasteiger partial charge in [-0.1, -0.05) is 66.2 Å². The minimum Gasteiger partial charge on any atom is -0.352 e. The Bertz CT molecular complexity index is 1340. The van der Waals surface area contributed by atoms with Crippen LogP contribution in [0, 0.1) is 5.82 Å². The van der Waals surface area contributed by atoms with Crippen LogP contribution in [0.3, 0.4) is 0 Å². The molecule has 3 aromatic rings. The Morgan fingerprint density at radius 1 is 1.08 bits per heavy atom. The zero-order chi connectivity index (χ0) is 24.9. The largest absolute Gasteiger partial charge is 0.352 e. The molecule has 1 aromatic heterocycles. The predicted octanol–water partition coefficient (Wildman–Crippen LogP) is 4.45. The molecule has 3 fully saturated rings. The van der Waals surface area contributed by atoms with Crippen LogP contribution in [0.15, 0.2) is 48.6 Å². The quantitative estimate of drug-likeness (QED) is 0.500. The normalized spacial score (nSPS) is 19.5. The lowest BCUT2D eigenvalue weighted by molar-refractivity contribution is 0.159. The molecule has 1 spiro atoms. The third-order valence-corrected chi connectivity index (χ3v) is 7.93. The molecule has 0 atom stereocenters. The zero-order valence-corrected chi connectivity index (χ0v) is 21.3. The number of nitrogens with one attached hydrogen (secondary N) is 1. The first-order valence-corrected chi connectivity index (χ1v) is 12.8. The summed E-state index contributed by atoms with van der Waals surface area (Å²) < 4.78 is 15.9. The molecule has 36 heavy (non-hydrogen) atoms. The predicted molar refractivity (Wildman–Crippen MR) is 146 cm³/mol. The molecule has 2 aromatic carbocycles. The summed E-state index contributed by atoms with van der Waals surface area (Å²) >= 11 is 6.61. The second-order valence-corrected chi connectivity index (χ2v) is 10.7. The van der Waals surface area contributed by atoms with E-state index in [-0.39, 0.29) is 5.54 Å². The fraction of sp³-hybridized carbons (Fsp3) is 0.357. The highest BCUT2D eigenvalue weighted by atomic mass is 35.5. The Labute approximate surface area is 216 Å². The van der Waals surface area contributed by atoms with Gasteiger partial charge in [0.15, 0.2) is 5.82 Å². The van der Waals surface area contributed by atoms with Gasteiger partial charge < -0.3 is 20.0 Å². The molecule has 0 radical (unpaired) electrons. The van der Waals surface area contributed by atoms with E-state index in [4.69, 9.17) is 21.6 Å². The van der Waals surface area contributed by atoms with Gasteiger partial charge in [-0.3, -0.25) is 0 Å². The van der Waals surface area contributed by atoms with Crippen molar-refractivity contribution in [3.8, 4) is 0 Å². The van der Waals surface area contributed by atoms with E-state index in [1.165, 1.54) is 0 Å². The molecule has 0 amide bonds. The van der Waals surface area contributed by atoms with Gasteiger partial charge in [0.05, 0.1) is 10.6 Å². The van der Waals surface area contributed by atoms with Gasteiger partial charge in [-0.05, 0) is 38.7 Å². The number of rotatable bonds is 6. The van der Waals surface area contributed by atoms with Crippen molar-refractivity contribution in [1.29, 1.82) is 0 Å². The Kier molecular flexibility index (Phi) is 5.94. The fourth-order valence-electron chi connectivity index (χ4n) is 5.13. The van der Waals surface area contributed by atoms with Crippen LogP contribution in [-0.2, 0) is 0 Å². The average Bonchev–Trinajstić information content (AvgIpc) is 2.76. The van der Waals surface area contributed by atoms with E-state index in [0.717, 1.165) is 50.5 Å². The molecule has 0 aliphatic carbocycles. The van der Waals surface area contributed by atoms with E-state index in [0.29, 0.717) is 33.5 Å². The number of fused-ring (bicyclic) bond motifs is 1. The van der Waals surface area contributed by atoms with Crippen molar-refractivity contribution in [2.75, 3.05) is 56.6 Å². The Hall–Kier alpha value is -3.00. The fourth-order valence-corrected chi connectivity index (χ4v) is 5.38. The summed E-state index contributed by atoms with van der Waals surface area (Å²) in [5.74, 6) is 0.939. The van der Waals surface area contributed by atoms with Crippen molar-refractivity contribution in [2.45, 2.75) is 18.0 Å². The maximum Gasteiger partial charge on any atom is 0.228 e. The smallest absolute Gasteiger partial charge is 0.228 e. The van der Waals surface area contributed by atoms with Gasteiger partial charge in [-0.2, -0.15) is 4.98 Å². The topological polar surface area (TPSA) is 47.5 Å². The van der Waals surface area contributed by atoms with E-state index in [2.05, 4.69) is 34.1 Å². The molecule has 0 unspecified atom stereocenters. The van der Waals surface area contributed by atoms with Crippen molar-refractivity contribution in [3.05, 3.63) is 70.5 Å². The molecule has 6 rings (SSSR count). The molecule has 3 aliphatic rings. The minimum atomic E-state index is -0.409. The average molecular weight is 505 g/mol. The van der Waals surface area contributed by atoms with Crippen LogP contribution in [-0.4, -0.2) is 73.3 Å². The lowest BCUT2D eigenvalue weighted by Gasteiger charge is -2.57. The van der Waals surface area contributed by atoms with Crippen LogP contribution in [0.4, 0.5) is 16.2 Å². The van der Waals surface area contributed by atoms with Crippen molar-refractivity contribution in [3.63, 3.8) is 0 Å². The Balaban J connectivity index is 1.35. The van der Waals surface area contributed by atoms with Gasteiger partial charge >= 0.3 is 0 Å². The molecular formula is C28H30ClFN6. The first-order chi connectivity index (χ1) is 17.4. The number of likely N-dealkylation sites (N-methyl/N-ethyl adjacent to an activating group) is 1. The van der Waals surface area contributed by atoms with Crippen LogP contribution < -0.4 is 15.1 Å². The van der Waals surface area contributed by atoms with Crippen molar-refractivity contribution >= 4 is 46.4 Å². The monoisotopic (exact) mass is 504 g/mol. The van der Waals surface area contributed by atoms with Gasteiger partial charge in [-0.25, -0.2) is 9.37 Å². The highest BCUT2D eigenvalue weighted by molar-refractivity contribution is 6.33. The van der Waals surface area contributed by atoms with Gasteiger partial charge in [-0.15, -0.1) is 0 Å². The molecule has 186 valence electrons. The standard InChI is InChI=1S/C28H30ClFN6/c1-34(2)20-15-35(16-20)27-32-25-22(26(33-27)36-17-28(18-36)12-13-31-28)14-23(29)21(24(25)30)11-7-6-10-19-8-4-3-5-9-19/h3-11,14,20,31H,12-13,15-18H2,1-2H3/b10-6-,11-7+. The second-order valence-electron chi connectivity index (χ2n) is 10.3. The van der Waals surface area contributed by atoms with Gasteiger partial charge in [0.25, 0.3) is 0 Å². The molecule has 4 heterocycles. The summed E-state index contributed by atoms with van der Waals surface area (Å²) in [6.07, 6.45) is 8.54. The number of aromatic nitrogens is 2. The van der Waals surface area contributed by atoms with Crippen LogP contribution in [0.2, 0.25) is 5.02 Å². The second kappa shape index (κ2) is 9.14. The van der Waals surface area contributed by atoms with Crippen LogP contribution in [0.25, 0.3) is 23.1 Å². The number of hydrogen-bond acceptors (Lipinski definition) is 6. The molecule has 0 saturated carbocycles. The summed E-state index contributed by atoms with van der Waals surface area (Å²) in [7, 11) is 4.15. The lowest BCUT2D eigenvalue weighted by atomic mass is 9.80. The summed E-state index contributed by atoms with van der Waals surface area (Å²) in [5.41, 5.74) is 1.92. The highest BCUT2D eigenvalue weighted by Crippen LogP contribution is 2.40. The van der Waals surface area contributed by atoms with E-state index >= 15 is 4.39 Å². The first-order valence-electron chi connectivity index (χ1n) is 12.4. The van der Waals surface area contributed by atoms with Crippen LogP contribution in [0.1, 0.15) is 17.5 Å². The highest BCUT2D eigenvalue weighted by Gasteiger charge is 2.48. The van der Waals surface area contributed by atoms with E-state index in [1.807, 2.05) is 54.6 Å². The van der Waals surface area contributed by atoms with E-state index < -0.39 is 5.82 Å². The van der Waals surface area contributed by atoms with Gasteiger partial charge in [0, 0.05) is 43.2 Å². The Morgan fingerprint density at radius 3 is 2.47 bits per heavy atom. The lowest BCUT2D eigenvalue weighted by Crippen LogP contribution is -2.76. The summed E-state index contributed by atoms with van der Waals surface area (Å²) in [6.45, 7) is 4.44. The zero-order valence-electron chi connectivity index (χ0n) is 20.6. The number of halogens is 2. The minimum absolute atomic E-state index is 0.181. The molecular weight excluding hydrogens is 475 g/mol. The Morgan fingerprint density at radius 2 is 1.81 bits per heavy atom. The summed E-state index contributed by atoms with van der Waals surface area (Å²) in [5, 5.41) is 4.56. The number of nitrogens with zero attached hydrogens (tertiary/aromatic N) is 5. The number of benzene rings is 2. The third kappa shape index (κ3) is 4.15.